The van der Waals surface area contributed by atoms with Crippen LogP contribution < -0.4 is 5.32 Å². The molecule has 0 bridgehead atoms. The summed E-state index contributed by atoms with van der Waals surface area (Å²) in [6, 6.07) is 8.36. The number of aryl methyl sites for hydroxylation is 2. The van der Waals surface area contributed by atoms with Crippen LogP contribution in [0.3, 0.4) is 0 Å². The van der Waals surface area contributed by atoms with E-state index in [2.05, 4.69) is 10.4 Å². The first-order chi connectivity index (χ1) is 15.1. The molecule has 1 aliphatic heterocycles. The first-order valence-electron chi connectivity index (χ1n) is 10.8. The Hall–Kier alpha value is -3.18. The molecule has 164 valence electrons. The minimum Gasteiger partial charge on any atom is -0.462 e. The maximum Gasteiger partial charge on any atom is 0.338 e. The molecule has 1 aromatic carbocycles. The van der Waals surface area contributed by atoms with Gasteiger partial charge in [0.2, 0.25) is 0 Å². The zero-order valence-corrected chi connectivity index (χ0v) is 17.9. The van der Waals surface area contributed by atoms with Crippen LogP contribution >= 0.6 is 0 Å². The third-order valence-corrected chi connectivity index (χ3v) is 5.14. The zero-order chi connectivity index (χ0) is 22.1. The molecule has 1 amide bonds. The van der Waals surface area contributed by atoms with E-state index in [9.17, 15) is 9.59 Å². The zero-order valence-electron chi connectivity index (χ0n) is 17.9. The van der Waals surface area contributed by atoms with Crippen LogP contribution in [-0.4, -0.2) is 48.0 Å². The predicted octanol–water partition coefficient (Wildman–Crippen LogP) is 2.65. The Bertz CT molecular complexity index is 944. The molecule has 0 saturated carbocycles. The minimum atomic E-state index is -0.421. The normalized spacial score (nSPS) is 14.6. The molecule has 31 heavy (non-hydrogen) atoms. The van der Waals surface area contributed by atoms with E-state index in [1.54, 1.807) is 24.3 Å². The third-order valence-electron chi connectivity index (χ3n) is 5.14. The van der Waals surface area contributed by atoms with Gasteiger partial charge in [0.15, 0.2) is 0 Å². The number of nitrogens with zero attached hydrogens (tertiary/aromatic N) is 3. The monoisotopic (exact) mass is 424 g/mol. The van der Waals surface area contributed by atoms with Crippen LogP contribution in [0.2, 0.25) is 0 Å². The number of benzene rings is 1. The van der Waals surface area contributed by atoms with Gasteiger partial charge in [-0.3, -0.25) is 9.48 Å². The van der Waals surface area contributed by atoms with Crippen molar-refractivity contribution >= 4 is 11.9 Å². The fourth-order valence-electron chi connectivity index (χ4n) is 3.55. The summed E-state index contributed by atoms with van der Waals surface area (Å²) in [5.74, 6) is -0.498. The van der Waals surface area contributed by atoms with Crippen molar-refractivity contribution in [3.05, 3.63) is 52.3 Å². The van der Waals surface area contributed by atoms with Gasteiger partial charge in [-0.1, -0.05) is 6.92 Å². The van der Waals surface area contributed by atoms with E-state index in [1.165, 1.54) is 0 Å². The SMILES string of the molecule is CCc1nn(CCCOC(=O)c2ccc(C#N)cc2)c2c1C(=O)NCCCOCCC2. The summed E-state index contributed by atoms with van der Waals surface area (Å²) in [6.45, 7) is 4.67. The molecular weight excluding hydrogens is 396 g/mol. The minimum absolute atomic E-state index is 0.0766. The fourth-order valence-corrected chi connectivity index (χ4v) is 3.55. The van der Waals surface area contributed by atoms with Crippen molar-refractivity contribution in [2.75, 3.05) is 26.4 Å². The van der Waals surface area contributed by atoms with E-state index in [0.717, 1.165) is 24.2 Å². The van der Waals surface area contributed by atoms with Gasteiger partial charge in [0.25, 0.3) is 5.91 Å². The van der Waals surface area contributed by atoms with Crippen molar-refractivity contribution < 1.29 is 19.1 Å². The molecule has 0 atom stereocenters. The standard InChI is InChI=1S/C23H28N4O4/c1-2-19-21-20(6-3-13-30-14-4-11-25-22(21)28)27(26-19)12-5-15-31-23(29)18-9-7-17(16-24)8-10-18/h7-10H,2-6,11-15H2,1H3,(H,25,28). The Morgan fingerprint density at radius 3 is 2.81 bits per heavy atom. The van der Waals surface area contributed by atoms with Gasteiger partial charge < -0.3 is 14.8 Å². The summed E-state index contributed by atoms with van der Waals surface area (Å²) in [6.07, 6.45) is 3.58. The summed E-state index contributed by atoms with van der Waals surface area (Å²) in [7, 11) is 0. The van der Waals surface area contributed by atoms with Gasteiger partial charge in [-0.15, -0.1) is 0 Å². The molecule has 2 heterocycles. The number of ether oxygens (including phenoxy) is 2. The molecule has 1 aliphatic rings. The lowest BCUT2D eigenvalue weighted by Gasteiger charge is -2.10. The summed E-state index contributed by atoms with van der Waals surface area (Å²) >= 11 is 0. The molecule has 8 heteroatoms. The van der Waals surface area contributed by atoms with E-state index in [1.807, 2.05) is 17.7 Å². The number of esters is 1. The second-order valence-electron chi connectivity index (χ2n) is 7.35. The van der Waals surface area contributed by atoms with Crippen LogP contribution in [0.25, 0.3) is 0 Å². The Kier molecular flexibility index (Phi) is 8.19. The number of nitrogens with one attached hydrogen (secondary N) is 1. The molecule has 0 saturated heterocycles. The Labute approximate surface area is 182 Å². The topological polar surface area (TPSA) is 106 Å². The van der Waals surface area contributed by atoms with Crippen molar-refractivity contribution in [1.29, 1.82) is 5.26 Å². The molecule has 0 radical (unpaired) electrons. The number of aromatic nitrogens is 2. The Balaban J connectivity index is 1.63. The van der Waals surface area contributed by atoms with Gasteiger partial charge in [0, 0.05) is 32.7 Å². The molecule has 0 spiro atoms. The Morgan fingerprint density at radius 2 is 2.06 bits per heavy atom. The fraction of sp³-hybridized carbons (Fsp3) is 0.478. The molecular formula is C23H28N4O4. The van der Waals surface area contributed by atoms with Gasteiger partial charge in [0.1, 0.15) is 0 Å². The van der Waals surface area contributed by atoms with E-state index in [4.69, 9.17) is 14.7 Å². The summed E-state index contributed by atoms with van der Waals surface area (Å²) in [4.78, 5) is 24.9. The van der Waals surface area contributed by atoms with Crippen molar-refractivity contribution in [2.24, 2.45) is 0 Å². The smallest absolute Gasteiger partial charge is 0.338 e. The number of carbonyl (C=O) groups excluding carboxylic acids is 2. The average molecular weight is 425 g/mol. The number of hydrogen-bond acceptors (Lipinski definition) is 6. The molecule has 0 aliphatic carbocycles. The van der Waals surface area contributed by atoms with E-state index >= 15 is 0 Å². The number of fused-ring (bicyclic) bond motifs is 1. The van der Waals surface area contributed by atoms with E-state index in [0.29, 0.717) is 62.3 Å². The van der Waals surface area contributed by atoms with Crippen molar-refractivity contribution in [3.63, 3.8) is 0 Å². The number of amides is 1. The third kappa shape index (κ3) is 5.92. The highest BCUT2D eigenvalue weighted by molar-refractivity contribution is 5.96. The predicted molar refractivity (Wildman–Crippen MR) is 114 cm³/mol. The number of hydrogen-bond donors (Lipinski definition) is 1. The van der Waals surface area contributed by atoms with E-state index < -0.39 is 5.97 Å². The van der Waals surface area contributed by atoms with Crippen LogP contribution in [-0.2, 0) is 28.9 Å². The van der Waals surface area contributed by atoms with E-state index in [-0.39, 0.29) is 12.5 Å². The van der Waals surface area contributed by atoms with Crippen LogP contribution in [0.1, 0.15) is 63.9 Å². The highest BCUT2D eigenvalue weighted by Crippen LogP contribution is 2.19. The molecule has 0 fully saturated rings. The van der Waals surface area contributed by atoms with Crippen LogP contribution in [0.5, 0.6) is 0 Å². The highest BCUT2D eigenvalue weighted by atomic mass is 16.5. The first kappa shape index (κ1) is 22.5. The van der Waals surface area contributed by atoms with Gasteiger partial charge in [-0.05, 0) is 49.9 Å². The summed E-state index contributed by atoms with van der Waals surface area (Å²) < 4.78 is 12.8. The van der Waals surface area contributed by atoms with Crippen LogP contribution in [0.15, 0.2) is 24.3 Å². The quantitative estimate of drug-likeness (QED) is 0.564. The number of nitriles is 1. The maximum atomic E-state index is 12.8. The lowest BCUT2D eigenvalue weighted by molar-refractivity contribution is 0.0494. The van der Waals surface area contributed by atoms with Gasteiger partial charge in [-0.25, -0.2) is 4.79 Å². The lowest BCUT2D eigenvalue weighted by atomic mass is 10.1. The maximum absolute atomic E-state index is 12.8. The molecule has 8 nitrogen and oxygen atoms in total. The van der Waals surface area contributed by atoms with Gasteiger partial charge >= 0.3 is 5.97 Å². The second kappa shape index (κ2) is 11.3. The molecule has 0 unspecified atom stereocenters. The highest BCUT2D eigenvalue weighted by Gasteiger charge is 2.22. The van der Waals surface area contributed by atoms with Crippen LogP contribution in [0, 0.1) is 11.3 Å². The van der Waals surface area contributed by atoms with Crippen molar-refractivity contribution in [1.82, 2.24) is 15.1 Å². The number of rotatable bonds is 6. The summed E-state index contributed by atoms with van der Waals surface area (Å²) in [5.41, 5.74) is 3.30. The molecule has 2 aromatic rings. The first-order valence-corrected chi connectivity index (χ1v) is 10.8. The Morgan fingerprint density at radius 1 is 1.29 bits per heavy atom. The lowest BCUT2D eigenvalue weighted by Crippen LogP contribution is -2.26. The van der Waals surface area contributed by atoms with Gasteiger partial charge in [0.05, 0.1) is 40.8 Å². The molecule has 3 rings (SSSR count). The second-order valence-corrected chi connectivity index (χ2v) is 7.35. The number of carbonyl (C=O) groups is 2. The van der Waals surface area contributed by atoms with Crippen LogP contribution in [0.4, 0.5) is 0 Å². The largest absolute Gasteiger partial charge is 0.462 e. The van der Waals surface area contributed by atoms with Crippen molar-refractivity contribution in [3.8, 4) is 6.07 Å². The molecule has 1 aromatic heterocycles. The van der Waals surface area contributed by atoms with Crippen molar-refractivity contribution in [2.45, 2.75) is 45.6 Å². The summed E-state index contributed by atoms with van der Waals surface area (Å²) in [5, 5.41) is 16.5. The molecule has 1 N–H and O–H groups in total. The average Bonchev–Trinajstić information content (AvgIpc) is 3.13. The van der Waals surface area contributed by atoms with Gasteiger partial charge in [-0.2, -0.15) is 10.4 Å².